The zero-order valence-corrected chi connectivity index (χ0v) is 15.4. The average molecular weight is 410 g/mol. The fraction of sp³-hybridized carbons (Fsp3) is 0. The van der Waals surface area contributed by atoms with E-state index in [9.17, 15) is 0 Å². The van der Waals surface area contributed by atoms with E-state index in [4.69, 9.17) is 4.42 Å². The van der Waals surface area contributed by atoms with Crippen molar-refractivity contribution in [1.29, 1.82) is 0 Å². The van der Waals surface area contributed by atoms with Crippen LogP contribution in [0.4, 0.5) is 5.13 Å². The summed E-state index contributed by atoms with van der Waals surface area (Å²) in [5.74, 6) is 1.48. The number of aromatic nitrogens is 2. The number of hydrogen-bond acceptors (Lipinski definition) is 5. The minimum atomic E-state index is 0.598. The minimum absolute atomic E-state index is 0.598. The van der Waals surface area contributed by atoms with Gasteiger partial charge in [0, 0.05) is 15.6 Å². The van der Waals surface area contributed by atoms with E-state index in [2.05, 4.69) is 31.1 Å². The molecule has 122 valence electrons. The molecule has 0 saturated carbocycles. The number of benzene rings is 2. The van der Waals surface area contributed by atoms with E-state index < -0.39 is 0 Å². The van der Waals surface area contributed by atoms with Crippen LogP contribution in [-0.2, 0) is 0 Å². The first-order valence-corrected chi connectivity index (χ1v) is 9.18. The zero-order valence-electron chi connectivity index (χ0n) is 13.0. The smallest absolute Gasteiger partial charge is 0.232 e. The van der Waals surface area contributed by atoms with Gasteiger partial charge < -0.3 is 4.42 Å². The largest absolute Gasteiger partial charge is 0.455 e. The lowest BCUT2D eigenvalue weighted by molar-refractivity contribution is 0.575. The Bertz CT molecular complexity index is 1010. The molecule has 0 aliphatic carbocycles. The zero-order chi connectivity index (χ0) is 17.1. The average Bonchev–Trinajstić information content (AvgIpc) is 3.31. The molecule has 0 radical (unpaired) electrons. The topological polar surface area (TPSA) is 51.3 Å². The van der Waals surface area contributed by atoms with Crippen LogP contribution < -0.4 is 0 Å². The Balaban J connectivity index is 1.51. The van der Waals surface area contributed by atoms with Crippen LogP contribution in [0, 0.1) is 0 Å². The lowest BCUT2D eigenvalue weighted by Gasteiger charge is -1.96. The second-order valence-electron chi connectivity index (χ2n) is 5.22. The van der Waals surface area contributed by atoms with Gasteiger partial charge in [0.15, 0.2) is 0 Å². The quantitative estimate of drug-likeness (QED) is 0.389. The minimum Gasteiger partial charge on any atom is -0.455 e. The van der Waals surface area contributed by atoms with Crippen molar-refractivity contribution in [3.8, 4) is 21.9 Å². The molecular weight excluding hydrogens is 398 g/mol. The fourth-order valence-corrected chi connectivity index (χ4v) is 3.24. The summed E-state index contributed by atoms with van der Waals surface area (Å²) < 4.78 is 6.85. The van der Waals surface area contributed by atoms with Crippen LogP contribution in [0.3, 0.4) is 0 Å². The molecule has 0 aliphatic heterocycles. The molecule has 0 unspecified atom stereocenters. The van der Waals surface area contributed by atoms with Crippen molar-refractivity contribution in [1.82, 2.24) is 10.2 Å². The maximum Gasteiger partial charge on any atom is 0.232 e. The molecule has 0 bridgehead atoms. The third kappa shape index (κ3) is 3.75. The van der Waals surface area contributed by atoms with Crippen molar-refractivity contribution in [2.45, 2.75) is 0 Å². The molecule has 2 heterocycles. The summed E-state index contributed by atoms with van der Waals surface area (Å²) in [6.07, 6.45) is 1.66. The molecule has 0 atom stereocenters. The molecule has 0 fully saturated rings. The van der Waals surface area contributed by atoms with Crippen molar-refractivity contribution in [2.24, 2.45) is 4.99 Å². The number of rotatable bonds is 4. The summed E-state index contributed by atoms with van der Waals surface area (Å²) in [6, 6.07) is 21.7. The third-order valence-corrected chi connectivity index (χ3v) is 4.90. The first-order valence-electron chi connectivity index (χ1n) is 7.57. The van der Waals surface area contributed by atoms with E-state index in [1.165, 1.54) is 11.3 Å². The molecule has 4 aromatic rings. The number of hydrogen-bond donors (Lipinski definition) is 0. The van der Waals surface area contributed by atoms with Gasteiger partial charge in [0.1, 0.15) is 16.5 Å². The molecular formula is C19H12BrN3OS. The summed E-state index contributed by atoms with van der Waals surface area (Å²) in [7, 11) is 0. The Kier molecular flexibility index (Phi) is 4.54. The van der Waals surface area contributed by atoms with E-state index in [1.54, 1.807) is 6.21 Å². The fourth-order valence-electron chi connectivity index (χ4n) is 2.28. The number of furan rings is 1. The Morgan fingerprint density at radius 1 is 0.880 bits per heavy atom. The lowest BCUT2D eigenvalue weighted by Crippen LogP contribution is -1.75. The Labute approximate surface area is 157 Å². The molecule has 4 nitrogen and oxygen atoms in total. The van der Waals surface area contributed by atoms with E-state index in [0.717, 1.165) is 26.4 Å². The third-order valence-electron chi connectivity index (χ3n) is 3.49. The highest BCUT2D eigenvalue weighted by Gasteiger charge is 2.06. The van der Waals surface area contributed by atoms with Gasteiger partial charge in [0.25, 0.3) is 0 Å². The first kappa shape index (κ1) is 15.9. The van der Waals surface area contributed by atoms with Crippen LogP contribution in [0.15, 0.2) is 80.6 Å². The van der Waals surface area contributed by atoms with Crippen molar-refractivity contribution >= 4 is 38.6 Å². The molecule has 2 aromatic carbocycles. The van der Waals surface area contributed by atoms with Crippen LogP contribution in [0.5, 0.6) is 0 Å². The van der Waals surface area contributed by atoms with Crippen LogP contribution in [-0.4, -0.2) is 16.4 Å². The van der Waals surface area contributed by atoms with E-state index in [0.29, 0.717) is 10.9 Å². The second-order valence-corrected chi connectivity index (χ2v) is 7.09. The Morgan fingerprint density at radius 3 is 2.48 bits per heavy atom. The molecule has 2 aromatic heterocycles. The van der Waals surface area contributed by atoms with Crippen molar-refractivity contribution in [3.63, 3.8) is 0 Å². The summed E-state index contributed by atoms with van der Waals surface area (Å²) in [6.45, 7) is 0. The normalized spacial score (nSPS) is 11.2. The maximum atomic E-state index is 5.81. The Hall–Kier alpha value is -2.57. The summed E-state index contributed by atoms with van der Waals surface area (Å²) in [4.78, 5) is 4.36. The van der Waals surface area contributed by atoms with E-state index in [1.807, 2.05) is 66.7 Å². The van der Waals surface area contributed by atoms with E-state index >= 15 is 0 Å². The van der Waals surface area contributed by atoms with Crippen molar-refractivity contribution in [2.75, 3.05) is 0 Å². The predicted molar refractivity (Wildman–Crippen MR) is 104 cm³/mol. The van der Waals surface area contributed by atoms with Crippen LogP contribution in [0.2, 0.25) is 0 Å². The van der Waals surface area contributed by atoms with E-state index in [-0.39, 0.29) is 0 Å². The highest BCUT2D eigenvalue weighted by molar-refractivity contribution is 9.10. The van der Waals surface area contributed by atoms with Crippen molar-refractivity contribution in [3.05, 3.63) is 77.0 Å². The standard InChI is InChI=1S/C19H12BrN3OS/c20-15-8-6-13(7-9-15)17-11-10-16(24-17)12-21-19-23-22-18(25-19)14-4-2-1-3-5-14/h1-12H/b21-12+. The van der Waals surface area contributed by atoms with Gasteiger partial charge in [-0.2, -0.15) is 0 Å². The molecule has 0 spiro atoms. The van der Waals surface area contributed by atoms with Gasteiger partial charge in [-0.25, -0.2) is 4.99 Å². The van der Waals surface area contributed by atoms with Gasteiger partial charge in [0.2, 0.25) is 5.13 Å². The monoisotopic (exact) mass is 409 g/mol. The maximum absolute atomic E-state index is 5.81. The van der Waals surface area contributed by atoms with Gasteiger partial charge in [-0.15, -0.1) is 10.2 Å². The summed E-state index contributed by atoms with van der Waals surface area (Å²) >= 11 is 4.87. The first-order chi connectivity index (χ1) is 12.3. The van der Waals surface area contributed by atoms with Gasteiger partial charge in [-0.05, 0) is 24.3 Å². The molecule has 25 heavy (non-hydrogen) atoms. The van der Waals surface area contributed by atoms with Gasteiger partial charge in [0.05, 0.1) is 6.21 Å². The predicted octanol–water partition coefficient (Wildman–Crippen LogP) is 5.98. The highest BCUT2D eigenvalue weighted by atomic mass is 79.9. The highest BCUT2D eigenvalue weighted by Crippen LogP contribution is 2.28. The SMILES string of the molecule is Brc1ccc(-c2ccc(/C=N/c3nnc(-c4ccccc4)s3)o2)cc1. The summed E-state index contributed by atoms with van der Waals surface area (Å²) in [5, 5.41) is 9.73. The van der Waals surface area contributed by atoms with Gasteiger partial charge >= 0.3 is 0 Å². The molecule has 0 amide bonds. The number of halogens is 1. The van der Waals surface area contributed by atoms with Crippen molar-refractivity contribution < 1.29 is 4.42 Å². The van der Waals surface area contributed by atoms with Crippen LogP contribution in [0.25, 0.3) is 21.9 Å². The number of nitrogens with zero attached hydrogens (tertiary/aromatic N) is 3. The van der Waals surface area contributed by atoms with Crippen LogP contribution >= 0.6 is 27.3 Å². The molecule has 4 rings (SSSR count). The number of aliphatic imine (C=N–C) groups is 1. The molecule has 0 aliphatic rings. The molecule has 6 heteroatoms. The summed E-state index contributed by atoms with van der Waals surface area (Å²) in [5.41, 5.74) is 2.06. The molecule has 0 saturated heterocycles. The van der Waals surface area contributed by atoms with Gasteiger partial charge in [-0.3, -0.25) is 0 Å². The Morgan fingerprint density at radius 2 is 1.68 bits per heavy atom. The molecule has 0 N–H and O–H groups in total. The second kappa shape index (κ2) is 7.13. The van der Waals surface area contributed by atoms with Crippen LogP contribution in [0.1, 0.15) is 5.76 Å². The lowest BCUT2D eigenvalue weighted by atomic mass is 10.2. The van der Waals surface area contributed by atoms with Gasteiger partial charge in [-0.1, -0.05) is 69.7 Å².